The molecule has 8 heteroatoms. The van der Waals surface area contributed by atoms with Crippen molar-refractivity contribution >= 4 is 22.6 Å². The first-order chi connectivity index (χ1) is 11.3. The third-order valence-corrected chi connectivity index (χ3v) is 4.45. The van der Waals surface area contributed by atoms with Gasteiger partial charge in [-0.15, -0.1) is 18.3 Å². The van der Waals surface area contributed by atoms with Gasteiger partial charge in [0.15, 0.2) is 5.82 Å². The van der Waals surface area contributed by atoms with Crippen LogP contribution in [0.1, 0.15) is 5.56 Å². The zero-order valence-corrected chi connectivity index (χ0v) is 14.5. The second-order valence-electron chi connectivity index (χ2n) is 5.02. The van der Waals surface area contributed by atoms with E-state index in [1.54, 1.807) is 0 Å². The maximum Gasteiger partial charge on any atom is 0.573 e. The van der Waals surface area contributed by atoms with Gasteiger partial charge in [0.1, 0.15) is 12.1 Å². The first-order valence-corrected chi connectivity index (χ1v) is 7.94. The van der Waals surface area contributed by atoms with Gasteiger partial charge in [-0.05, 0) is 71.5 Å². The van der Waals surface area contributed by atoms with Crippen LogP contribution in [0.5, 0.6) is 5.75 Å². The number of hydrogen-bond donors (Lipinski definition) is 0. The lowest BCUT2D eigenvalue weighted by atomic mass is 10.1. The Bertz CT molecular complexity index is 860. The van der Waals surface area contributed by atoms with Gasteiger partial charge in [0.05, 0.1) is 5.69 Å². The van der Waals surface area contributed by atoms with Crippen molar-refractivity contribution in [2.75, 3.05) is 0 Å². The molecule has 0 bridgehead atoms. The van der Waals surface area contributed by atoms with Crippen LogP contribution in [-0.4, -0.2) is 21.1 Å². The summed E-state index contributed by atoms with van der Waals surface area (Å²) < 4.78 is 43.0. The Kier molecular flexibility index (Phi) is 4.48. The lowest BCUT2D eigenvalue weighted by molar-refractivity contribution is -0.274. The van der Waals surface area contributed by atoms with Crippen molar-refractivity contribution in [1.82, 2.24) is 14.8 Å². The fraction of sp³-hybridized carbons (Fsp3) is 0.125. The number of aryl methyl sites for hydroxylation is 1. The molecule has 0 aliphatic carbocycles. The lowest BCUT2D eigenvalue weighted by Crippen LogP contribution is -2.17. The molecular weight excluding hydrogens is 434 g/mol. The van der Waals surface area contributed by atoms with Crippen molar-refractivity contribution in [2.24, 2.45) is 0 Å². The van der Waals surface area contributed by atoms with Gasteiger partial charge in [0.25, 0.3) is 0 Å². The Morgan fingerprint density at radius 3 is 2.42 bits per heavy atom. The number of aromatic nitrogens is 3. The molecule has 1 heterocycles. The van der Waals surface area contributed by atoms with Crippen LogP contribution in [0.4, 0.5) is 13.2 Å². The quantitative estimate of drug-likeness (QED) is 0.547. The first-order valence-electron chi connectivity index (χ1n) is 6.86. The molecule has 0 radical (unpaired) electrons. The van der Waals surface area contributed by atoms with Crippen molar-refractivity contribution in [1.29, 1.82) is 0 Å². The molecule has 0 fully saturated rings. The summed E-state index contributed by atoms with van der Waals surface area (Å²) >= 11 is 2.25. The van der Waals surface area contributed by atoms with Crippen molar-refractivity contribution in [2.45, 2.75) is 13.3 Å². The summed E-state index contributed by atoms with van der Waals surface area (Å²) in [5, 5.41) is 4.37. The molecule has 0 saturated carbocycles. The molecule has 124 valence electrons. The van der Waals surface area contributed by atoms with Gasteiger partial charge in [-0.3, -0.25) is 0 Å². The minimum atomic E-state index is -4.70. The van der Waals surface area contributed by atoms with E-state index in [0.29, 0.717) is 11.5 Å². The summed E-state index contributed by atoms with van der Waals surface area (Å²) in [4.78, 5) is 4.25. The van der Waals surface area contributed by atoms with Gasteiger partial charge >= 0.3 is 6.36 Å². The Morgan fingerprint density at radius 1 is 1.08 bits per heavy atom. The molecular formula is C16H11F3IN3O. The summed E-state index contributed by atoms with van der Waals surface area (Å²) in [5.41, 5.74) is 2.59. The minimum Gasteiger partial charge on any atom is -0.406 e. The third-order valence-electron chi connectivity index (χ3n) is 3.24. The van der Waals surface area contributed by atoms with E-state index in [2.05, 4.69) is 37.4 Å². The van der Waals surface area contributed by atoms with Gasteiger partial charge in [0.2, 0.25) is 0 Å². The molecule has 0 N–H and O–H groups in total. The highest BCUT2D eigenvalue weighted by Gasteiger charge is 2.30. The maximum atomic E-state index is 12.2. The van der Waals surface area contributed by atoms with Gasteiger partial charge in [0, 0.05) is 9.13 Å². The van der Waals surface area contributed by atoms with Crippen molar-refractivity contribution in [3.05, 3.63) is 57.9 Å². The highest BCUT2D eigenvalue weighted by Crippen LogP contribution is 2.24. The predicted octanol–water partition coefficient (Wildman–Crippen LogP) is 4.75. The van der Waals surface area contributed by atoms with Crippen LogP contribution in [0.3, 0.4) is 0 Å². The Balaban J connectivity index is 1.84. The van der Waals surface area contributed by atoms with Crippen LogP contribution in [0.25, 0.3) is 17.1 Å². The number of hydrogen-bond acceptors (Lipinski definition) is 3. The van der Waals surface area contributed by atoms with Crippen LogP contribution < -0.4 is 4.74 Å². The highest BCUT2D eigenvalue weighted by atomic mass is 127. The molecule has 0 unspecified atom stereocenters. The molecule has 0 spiro atoms. The SMILES string of the molecule is Cc1cc(-c2ncn(-c3ccc(OC(F)(F)F)cc3)n2)ccc1I. The normalized spacial score (nSPS) is 11.5. The van der Waals surface area contributed by atoms with Crippen LogP contribution in [0, 0.1) is 10.5 Å². The number of alkyl halides is 3. The molecule has 0 atom stereocenters. The van der Waals surface area contributed by atoms with E-state index >= 15 is 0 Å². The summed E-state index contributed by atoms with van der Waals surface area (Å²) in [6, 6.07) is 11.3. The molecule has 0 saturated heterocycles. The van der Waals surface area contributed by atoms with Gasteiger partial charge in [-0.1, -0.05) is 6.07 Å². The van der Waals surface area contributed by atoms with Crippen molar-refractivity contribution in [3.8, 4) is 22.8 Å². The smallest absolute Gasteiger partial charge is 0.406 e. The maximum absolute atomic E-state index is 12.2. The largest absolute Gasteiger partial charge is 0.573 e. The van der Waals surface area contributed by atoms with E-state index in [0.717, 1.165) is 14.7 Å². The Morgan fingerprint density at radius 2 is 1.79 bits per heavy atom. The summed E-state index contributed by atoms with van der Waals surface area (Å²) in [6.07, 6.45) is -3.19. The molecule has 2 aromatic carbocycles. The van der Waals surface area contributed by atoms with Crippen molar-refractivity contribution in [3.63, 3.8) is 0 Å². The number of nitrogens with zero attached hydrogens (tertiary/aromatic N) is 3. The fourth-order valence-electron chi connectivity index (χ4n) is 2.10. The zero-order valence-electron chi connectivity index (χ0n) is 12.4. The molecule has 24 heavy (non-hydrogen) atoms. The van der Waals surface area contributed by atoms with E-state index in [1.807, 2.05) is 25.1 Å². The van der Waals surface area contributed by atoms with Crippen LogP contribution >= 0.6 is 22.6 Å². The second kappa shape index (κ2) is 6.42. The van der Waals surface area contributed by atoms with E-state index in [-0.39, 0.29) is 5.75 Å². The number of halogens is 4. The second-order valence-corrected chi connectivity index (χ2v) is 6.18. The van der Waals surface area contributed by atoms with Crippen LogP contribution in [-0.2, 0) is 0 Å². The Hall–Kier alpha value is -2.10. The molecule has 0 aliphatic rings. The summed E-state index contributed by atoms with van der Waals surface area (Å²) in [6.45, 7) is 2.00. The van der Waals surface area contributed by atoms with Crippen molar-refractivity contribution < 1.29 is 17.9 Å². The van der Waals surface area contributed by atoms with Crippen LogP contribution in [0.2, 0.25) is 0 Å². The standard InChI is InChI=1S/C16H11F3IN3O/c1-10-8-11(2-7-14(10)20)15-21-9-23(22-15)12-3-5-13(6-4-12)24-16(17,18)19/h2-9H,1H3. The average molecular weight is 445 g/mol. The van der Waals surface area contributed by atoms with Gasteiger partial charge in [-0.25, -0.2) is 9.67 Å². The van der Waals surface area contributed by atoms with E-state index in [1.165, 1.54) is 35.3 Å². The lowest BCUT2D eigenvalue weighted by Gasteiger charge is -2.09. The predicted molar refractivity (Wildman–Crippen MR) is 90.9 cm³/mol. The van der Waals surface area contributed by atoms with Gasteiger partial charge in [-0.2, -0.15) is 0 Å². The highest BCUT2D eigenvalue weighted by molar-refractivity contribution is 14.1. The van der Waals surface area contributed by atoms with Crippen LogP contribution in [0.15, 0.2) is 48.8 Å². The monoisotopic (exact) mass is 445 g/mol. The molecule has 0 amide bonds. The summed E-state index contributed by atoms with van der Waals surface area (Å²) in [5.74, 6) is 0.268. The molecule has 1 aromatic heterocycles. The number of benzene rings is 2. The Labute approximate surface area is 149 Å². The third kappa shape index (κ3) is 3.86. The molecule has 4 nitrogen and oxygen atoms in total. The first kappa shape index (κ1) is 16.7. The summed E-state index contributed by atoms with van der Waals surface area (Å²) in [7, 11) is 0. The van der Waals surface area contributed by atoms with Gasteiger partial charge < -0.3 is 4.74 Å². The van der Waals surface area contributed by atoms with E-state index in [9.17, 15) is 13.2 Å². The van der Waals surface area contributed by atoms with E-state index in [4.69, 9.17) is 0 Å². The molecule has 0 aliphatic heterocycles. The number of rotatable bonds is 3. The average Bonchev–Trinajstić information content (AvgIpc) is 2.99. The minimum absolute atomic E-state index is 0.278. The number of ether oxygens (including phenoxy) is 1. The fourth-order valence-corrected chi connectivity index (χ4v) is 2.44. The zero-order chi connectivity index (χ0) is 17.3. The topological polar surface area (TPSA) is 39.9 Å². The molecule has 3 rings (SSSR count). The van der Waals surface area contributed by atoms with E-state index < -0.39 is 6.36 Å². The molecule has 3 aromatic rings.